The Kier molecular flexibility index (Phi) is 4.86. The molecular formula is C20H18N4O5. The average Bonchev–Trinajstić information content (AvgIpc) is 3.23. The number of aliphatic carboxylic acids is 1. The molecule has 29 heavy (non-hydrogen) atoms. The first-order chi connectivity index (χ1) is 14.1. The second-order valence-corrected chi connectivity index (χ2v) is 6.27. The van der Waals surface area contributed by atoms with Crippen LogP contribution in [0, 0.1) is 0 Å². The van der Waals surface area contributed by atoms with Crippen LogP contribution in [0.15, 0.2) is 52.7 Å². The number of benzene rings is 1. The van der Waals surface area contributed by atoms with Crippen molar-refractivity contribution >= 4 is 29.1 Å². The Bertz CT molecular complexity index is 1050. The van der Waals surface area contributed by atoms with E-state index in [9.17, 15) is 9.90 Å². The number of amidine groups is 2. The van der Waals surface area contributed by atoms with Gasteiger partial charge in [-0.1, -0.05) is 0 Å². The molecule has 1 aromatic heterocycles. The summed E-state index contributed by atoms with van der Waals surface area (Å²) in [6.07, 6.45) is 4.70. The van der Waals surface area contributed by atoms with Gasteiger partial charge in [0.25, 0.3) is 0 Å². The smallest absolute Gasteiger partial charge is 0.341 e. The molecule has 0 saturated heterocycles. The van der Waals surface area contributed by atoms with Crippen LogP contribution < -0.4 is 9.47 Å². The van der Waals surface area contributed by atoms with Gasteiger partial charge in [0, 0.05) is 36.1 Å². The number of pyridine rings is 1. The molecule has 2 aromatic rings. The number of hydrogen-bond acceptors (Lipinski definition) is 8. The van der Waals surface area contributed by atoms with Gasteiger partial charge in [-0.3, -0.25) is 9.98 Å². The van der Waals surface area contributed by atoms with Gasteiger partial charge in [0.2, 0.25) is 0 Å². The van der Waals surface area contributed by atoms with E-state index in [1.807, 2.05) is 11.0 Å². The van der Waals surface area contributed by atoms with Crippen molar-refractivity contribution in [2.24, 2.45) is 9.98 Å². The summed E-state index contributed by atoms with van der Waals surface area (Å²) < 4.78 is 10.8. The molecule has 0 aliphatic carbocycles. The molecule has 0 amide bonds. The molecule has 9 heteroatoms. The van der Waals surface area contributed by atoms with Crippen LogP contribution in [0.25, 0.3) is 5.76 Å². The maximum absolute atomic E-state index is 11.0. The molecule has 0 radical (unpaired) electrons. The van der Waals surface area contributed by atoms with E-state index >= 15 is 0 Å². The molecule has 2 aliphatic heterocycles. The molecule has 0 atom stereocenters. The zero-order valence-electron chi connectivity index (χ0n) is 15.6. The van der Waals surface area contributed by atoms with Crippen LogP contribution in [-0.2, 0) is 4.79 Å². The fraction of sp³-hybridized carbons (Fsp3) is 0.200. The van der Waals surface area contributed by atoms with Crippen molar-refractivity contribution in [2.75, 3.05) is 26.8 Å². The highest BCUT2D eigenvalue weighted by Crippen LogP contribution is 2.43. The summed E-state index contributed by atoms with van der Waals surface area (Å²) in [6, 6.07) is 6.96. The third-order valence-corrected chi connectivity index (χ3v) is 4.46. The normalized spacial score (nSPS) is 15.2. The van der Waals surface area contributed by atoms with Crippen molar-refractivity contribution in [3.05, 3.63) is 53.9 Å². The number of carboxylic acids is 1. The maximum Gasteiger partial charge on any atom is 0.341 e. The fourth-order valence-electron chi connectivity index (χ4n) is 3.18. The van der Waals surface area contributed by atoms with Gasteiger partial charge in [0.05, 0.1) is 13.7 Å². The number of methoxy groups -OCH3 is 1. The first-order valence-corrected chi connectivity index (χ1v) is 8.86. The van der Waals surface area contributed by atoms with Crippen LogP contribution in [0.5, 0.6) is 11.5 Å². The summed E-state index contributed by atoms with van der Waals surface area (Å²) in [5.41, 5.74) is 1.67. The molecule has 2 aliphatic rings. The predicted molar refractivity (Wildman–Crippen MR) is 106 cm³/mol. The molecule has 0 saturated carbocycles. The lowest BCUT2D eigenvalue weighted by Gasteiger charge is -2.27. The Labute approximate surface area is 166 Å². The SMILES string of the molecule is COc1ccc2c(c1OCC(=O)O)N=C(/C=C(\O)c1cccnc1)N1CCN=C21. The molecule has 0 fully saturated rings. The molecule has 3 heterocycles. The Morgan fingerprint density at radius 1 is 1.31 bits per heavy atom. The lowest BCUT2D eigenvalue weighted by atomic mass is 10.1. The highest BCUT2D eigenvalue weighted by atomic mass is 16.5. The van der Waals surface area contributed by atoms with Crippen molar-refractivity contribution in [3.8, 4) is 11.5 Å². The number of aliphatic hydroxyl groups excluding tert-OH is 1. The number of carbonyl (C=O) groups is 1. The topological polar surface area (TPSA) is 117 Å². The zero-order valence-corrected chi connectivity index (χ0v) is 15.6. The van der Waals surface area contributed by atoms with E-state index in [-0.39, 0.29) is 11.5 Å². The summed E-state index contributed by atoms with van der Waals surface area (Å²) in [7, 11) is 1.47. The summed E-state index contributed by atoms with van der Waals surface area (Å²) in [4.78, 5) is 26.1. The van der Waals surface area contributed by atoms with Gasteiger partial charge < -0.3 is 24.6 Å². The van der Waals surface area contributed by atoms with E-state index in [2.05, 4.69) is 15.0 Å². The van der Waals surface area contributed by atoms with Crippen molar-refractivity contribution in [2.45, 2.75) is 0 Å². The number of rotatable bonds is 6. The number of aliphatic imine (C=N–C) groups is 2. The number of aliphatic hydroxyl groups is 1. The monoisotopic (exact) mass is 394 g/mol. The number of fused-ring (bicyclic) bond motifs is 3. The van der Waals surface area contributed by atoms with Crippen LogP contribution in [0.1, 0.15) is 11.1 Å². The van der Waals surface area contributed by atoms with Crippen molar-refractivity contribution < 1.29 is 24.5 Å². The molecule has 1 aromatic carbocycles. The number of ether oxygens (including phenoxy) is 2. The summed E-state index contributed by atoms with van der Waals surface area (Å²) >= 11 is 0. The minimum atomic E-state index is -1.11. The fourth-order valence-corrected chi connectivity index (χ4v) is 3.18. The van der Waals surface area contributed by atoms with Crippen molar-refractivity contribution in [1.29, 1.82) is 0 Å². The quantitative estimate of drug-likeness (QED) is 0.722. The van der Waals surface area contributed by atoms with Crippen LogP contribution >= 0.6 is 0 Å². The lowest BCUT2D eigenvalue weighted by Crippen LogP contribution is -2.36. The molecule has 4 rings (SSSR count). The predicted octanol–water partition coefficient (Wildman–Crippen LogP) is 2.26. The molecule has 0 bridgehead atoms. The minimum absolute atomic E-state index is 0.00227. The summed E-state index contributed by atoms with van der Waals surface area (Å²) in [5, 5.41) is 19.5. The molecule has 0 unspecified atom stereocenters. The molecule has 0 spiro atoms. The average molecular weight is 394 g/mol. The largest absolute Gasteiger partial charge is 0.507 e. The van der Waals surface area contributed by atoms with Crippen LogP contribution in [0.2, 0.25) is 0 Å². The molecule has 9 nitrogen and oxygen atoms in total. The van der Waals surface area contributed by atoms with Crippen LogP contribution in [0.3, 0.4) is 0 Å². The molecule has 2 N–H and O–H groups in total. The van der Waals surface area contributed by atoms with Crippen LogP contribution in [-0.4, -0.2) is 64.5 Å². The Hall–Kier alpha value is -3.88. The van der Waals surface area contributed by atoms with Gasteiger partial charge in [-0.15, -0.1) is 0 Å². The highest BCUT2D eigenvalue weighted by Gasteiger charge is 2.32. The third-order valence-electron chi connectivity index (χ3n) is 4.46. The van der Waals surface area contributed by atoms with Gasteiger partial charge in [0.1, 0.15) is 23.1 Å². The Balaban J connectivity index is 1.84. The number of hydrogen-bond donors (Lipinski definition) is 2. The van der Waals surface area contributed by atoms with Gasteiger partial charge in [-0.25, -0.2) is 9.79 Å². The number of carboxylic acid groups (broad SMARTS) is 1. The van der Waals surface area contributed by atoms with E-state index in [1.165, 1.54) is 13.2 Å². The Morgan fingerprint density at radius 2 is 2.17 bits per heavy atom. The zero-order chi connectivity index (χ0) is 20.4. The van der Waals surface area contributed by atoms with E-state index in [0.29, 0.717) is 47.3 Å². The molecule has 148 valence electrons. The van der Waals surface area contributed by atoms with Gasteiger partial charge >= 0.3 is 5.97 Å². The molecular weight excluding hydrogens is 376 g/mol. The van der Waals surface area contributed by atoms with Gasteiger partial charge in [-0.05, 0) is 24.3 Å². The van der Waals surface area contributed by atoms with Crippen molar-refractivity contribution in [1.82, 2.24) is 9.88 Å². The standard InChI is InChI=1S/C20H18N4O5/c1-28-15-5-4-13-18(19(15)29-11-17(26)27)23-16(24-8-7-22-20(13)24)9-14(25)12-3-2-6-21-10-12/h2-6,9-10,25H,7-8,11H2,1H3,(H,26,27)/b14-9-. The first-order valence-electron chi connectivity index (χ1n) is 8.86. The Morgan fingerprint density at radius 3 is 2.90 bits per heavy atom. The van der Waals surface area contributed by atoms with Crippen molar-refractivity contribution in [3.63, 3.8) is 0 Å². The second kappa shape index (κ2) is 7.63. The van der Waals surface area contributed by atoms with Gasteiger partial charge in [0.15, 0.2) is 18.1 Å². The van der Waals surface area contributed by atoms with E-state index in [4.69, 9.17) is 14.6 Å². The van der Waals surface area contributed by atoms with Gasteiger partial charge in [-0.2, -0.15) is 0 Å². The third kappa shape index (κ3) is 3.49. The van der Waals surface area contributed by atoms with E-state index < -0.39 is 12.6 Å². The lowest BCUT2D eigenvalue weighted by molar-refractivity contribution is -0.139. The number of aromatic nitrogens is 1. The summed E-state index contributed by atoms with van der Waals surface area (Å²) in [5.74, 6) is 0.613. The van der Waals surface area contributed by atoms with E-state index in [0.717, 1.165) is 0 Å². The number of nitrogens with zero attached hydrogens (tertiary/aromatic N) is 4. The second-order valence-electron chi connectivity index (χ2n) is 6.27. The van der Waals surface area contributed by atoms with E-state index in [1.54, 1.807) is 30.6 Å². The highest BCUT2D eigenvalue weighted by molar-refractivity contribution is 6.20. The summed E-state index contributed by atoms with van der Waals surface area (Å²) in [6.45, 7) is 0.652. The van der Waals surface area contributed by atoms with Crippen LogP contribution in [0.4, 0.5) is 5.69 Å². The first kappa shape index (κ1) is 18.5. The minimum Gasteiger partial charge on any atom is -0.507 e. The maximum atomic E-state index is 11.0.